The van der Waals surface area contributed by atoms with Gasteiger partial charge in [-0.05, 0) is 31.0 Å². The summed E-state index contributed by atoms with van der Waals surface area (Å²) in [5.41, 5.74) is 0.699. The van der Waals surface area contributed by atoms with E-state index in [0.717, 1.165) is 12.8 Å². The Labute approximate surface area is 130 Å². The van der Waals surface area contributed by atoms with Gasteiger partial charge in [0.05, 0.1) is 17.3 Å². The molecule has 1 saturated carbocycles. The van der Waals surface area contributed by atoms with Gasteiger partial charge in [0, 0.05) is 18.1 Å². The Hall–Kier alpha value is -0.930. The van der Waals surface area contributed by atoms with Gasteiger partial charge in [0.1, 0.15) is 0 Å². The van der Waals surface area contributed by atoms with E-state index in [0.29, 0.717) is 21.8 Å². The highest BCUT2D eigenvalue weighted by Gasteiger charge is 2.21. The number of anilines is 1. The van der Waals surface area contributed by atoms with Crippen LogP contribution in [0.15, 0.2) is 18.2 Å². The fourth-order valence-corrected chi connectivity index (χ4v) is 2.96. The number of rotatable bonds is 4. The zero-order chi connectivity index (χ0) is 14.5. The van der Waals surface area contributed by atoms with Crippen LogP contribution in [0.4, 0.5) is 5.69 Å². The average molecular weight is 315 g/mol. The van der Waals surface area contributed by atoms with Gasteiger partial charge in [-0.15, -0.1) is 0 Å². The molecule has 20 heavy (non-hydrogen) atoms. The molecule has 0 heterocycles. The van der Waals surface area contributed by atoms with Crippen molar-refractivity contribution < 1.29 is 4.79 Å². The Kier molecular flexibility index (Phi) is 5.55. The van der Waals surface area contributed by atoms with Gasteiger partial charge in [-0.1, -0.05) is 42.5 Å². The van der Waals surface area contributed by atoms with Crippen molar-refractivity contribution in [2.75, 3.05) is 18.9 Å². The molecule has 1 aromatic carbocycles. The van der Waals surface area contributed by atoms with Crippen LogP contribution in [-0.4, -0.2) is 30.4 Å². The molecule has 1 N–H and O–H groups in total. The third kappa shape index (κ3) is 4.03. The van der Waals surface area contributed by atoms with Crippen LogP contribution < -0.4 is 5.32 Å². The van der Waals surface area contributed by atoms with Crippen LogP contribution in [0.1, 0.15) is 32.1 Å². The van der Waals surface area contributed by atoms with E-state index in [9.17, 15) is 4.79 Å². The molecule has 2 rings (SSSR count). The lowest BCUT2D eigenvalue weighted by atomic mass is 9.94. The highest BCUT2D eigenvalue weighted by molar-refractivity contribution is 6.35. The zero-order valence-electron chi connectivity index (χ0n) is 11.7. The van der Waals surface area contributed by atoms with E-state index in [2.05, 4.69) is 5.32 Å². The Balaban J connectivity index is 1.89. The highest BCUT2D eigenvalue weighted by Crippen LogP contribution is 2.25. The minimum atomic E-state index is 0.0907. The van der Waals surface area contributed by atoms with Crippen molar-refractivity contribution in [2.24, 2.45) is 0 Å². The number of halogens is 2. The van der Waals surface area contributed by atoms with E-state index >= 15 is 0 Å². The first-order valence-corrected chi connectivity index (χ1v) is 7.78. The van der Waals surface area contributed by atoms with E-state index in [1.165, 1.54) is 19.3 Å². The van der Waals surface area contributed by atoms with Crippen molar-refractivity contribution in [3.8, 4) is 0 Å². The quantitative estimate of drug-likeness (QED) is 0.903. The summed E-state index contributed by atoms with van der Waals surface area (Å²) in [6, 6.07) is 5.57. The Morgan fingerprint density at radius 2 is 2.00 bits per heavy atom. The monoisotopic (exact) mass is 314 g/mol. The lowest BCUT2D eigenvalue weighted by Crippen LogP contribution is -2.41. The van der Waals surface area contributed by atoms with Gasteiger partial charge in [-0.25, -0.2) is 0 Å². The van der Waals surface area contributed by atoms with Crippen molar-refractivity contribution in [1.29, 1.82) is 0 Å². The minimum Gasteiger partial charge on any atom is -0.375 e. The summed E-state index contributed by atoms with van der Waals surface area (Å²) in [5.74, 6) is 0.0907. The van der Waals surface area contributed by atoms with Gasteiger partial charge in [0.25, 0.3) is 0 Å². The van der Waals surface area contributed by atoms with Crippen molar-refractivity contribution in [1.82, 2.24) is 4.90 Å². The molecule has 3 nitrogen and oxygen atoms in total. The largest absolute Gasteiger partial charge is 0.375 e. The van der Waals surface area contributed by atoms with Crippen molar-refractivity contribution in [3.63, 3.8) is 0 Å². The maximum atomic E-state index is 12.2. The first-order valence-electron chi connectivity index (χ1n) is 7.02. The van der Waals surface area contributed by atoms with E-state index in [1.54, 1.807) is 18.2 Å². The Bertz CT molecular complexity index is 473. The SMILES string of the molecule is CN(C(=O)CNc1cc(Cl)ccc1Cl)C1CCCCC1. The van der Waals surface area contributed by atoms with Crippen LogP contribution in [-0.2, 0) is 4.79 Å². The molecule has 0 unspecified atom stereocenters. The number of hydrogen-bond acceptors (Lipinski definition) is 2. The van der Waals surface area contributed by atoms with Crippen LogP contribution >= 0.6 is 23.2 Å². The summed E-state index contributed by atoms with van der Waals surface area (Å²) in [7, 11) is 1.89. The van der Waals surface area contributed by atoms with E-state index < -0.39 is 0 Å². The van der Waals surface area contributed by atoms with Gasteiger partial charge < -0.3 is 10.2 Å². The van der Waals surface area contributed by atoms with E-state index in [1.807, 2.05) is 11.9 Å². The molecule has 0 spiro atoms. The summed E-state index contributed by atoms with van der Waals surface area (Å²) in [6.07, 6.45) is 5.95. The molecular formula is C15H20Cl2N2O. The molecule has 1 aliphatic rings. The molecule has 1 fully saturated rings. The summed E-state index contributed by atoms with van der Waals surface area (Å²) < 4.78 is 0. The van der Waals surface area contributed by atoms with Gasteiger partial charge in [0.15, 0.2) is 0 Å². The van der Waals surface area contributed by atoms with Gasteiger partial charge in [0.2, 0.25) is 5.91 Å². The highest BCUT2D eigenvalue weighted by atomic mass is 35.5. The molecule has 0 saturated heterocycles. The van der Waals surface area contributed by atoms with Crippen LogP contribution in [0.25, 0.3) is 0 Å². The molecule has 0 atom stereocenters. The second kappa shape index (κ2) is 7.19. The van der Waals surface area contributed by atoms with Crippen molar-refractivity contribution in [3.05, 3.63) is 28.2 Å². The summed E-state index contributed by atoms with van der Waals surface area (Å²) in [6.45, 7) is 0.243. The number of carbonyl (C=O) groups excluding carboxylic acids is 1. The first kappa shape index (κ1) is 15.5. The fraction of sp³-hybridized carbons (Fsp3) is 0.533. The fourth-order valence-electron chi connectivity index (χ4n) is 2.60. The lowest BCUT2D eigenvalue weighted by molar-refractivity contribution is -0.130. The maximum Gasteiger partial charge on any atom is 0.241 e. The predicted octanol–water partition coefficient (Wildman–Crippen LogP) is 4.20. The van der Waals surface area contributed by atoms with Crippen LogP contribution in [0.2, 0.25) is 10.0 Å². The van der Waals surface area contributed by atoms with Crippen molar-refractivity contribution >= 4 is 34.8 Å². The van der Waals surface area contributed by atoms with Gasteiger partial charge in [-0.2, -0.15) is 0 Å². The van der Waals surface area contributed by atoms with Gasteiger partial charge >= 0.3 is 0 Å². The number of amides is 1. The van der Waals surface area contributed by atoms with Crippen molar-refractivity contribution in [2.45, 2.75) is 38.1 Å². The molecule has 1 aromatic rings. The number of carbonyl (C=O) groups is 1. The number of likely N-dealkylation sites (N-methyl/N-ethyl adjacent to an activating group) is 1. The molecule has 0 aromatic heterocycles. The number of hydrogen-bond donors (Lipinski definition) is 1. The molecule has 5 heteroatoms. The second-order valence-electron chi connectivity index (χ2n) is 5.27. The topological polar surface area (TPSA) is 32.3 Å². The molecular weight excluding hydrogens is 295 g/mol. The third-order valence-electron chi connectivity index (χ3n) is 3.87. The smallest absolute Gasteiger partial charge is 0.241 e. The van der Waals surface area contributed by atoms with Crippen LogP contribution in [0.3, 0.4) is 0 Å². The van der Waals surface area contributed by atoms with E-state index in [-0.39, 0.29) is 12.5 Å². The van der Waals surface area contributed by atoms with Gasteiger partial charge in [-0.3, -0.25) is 4.79 Å². The predicted molar refractivity (Wildman–Crippen MR) is 84.6 cm³/mol. The maximum absolute atomic E-state index is 12.2. The zero-order valence-corrected chi connectivity index (χ0v) is 13.2. The molecule has 110 valence electrons. The van der Waals surface area contributed by atoms with Crippen LogP contribution in [0, 0.1) is 0 Å². The average Bonchev–Trinajstić information content (AvgIpc) is 2.48. The second-order valence-corrected chi connectivity index (χ2v) is 6.12. The number of benzene rings is 1. The standard InChI is InChI=1S/C15H20Cl2N2O/c1-19(12-5-3-2-4-6-12)15(20)10-18-14-9-11(16)7-8-13(14)17/h7-9,12,18H,2-6,10H2,1H3. The number of nitrogens with zero attached hydrogens (tertiary/aromatic N) is 1. The van der Waals surface area contributed by atoms with Crippen LogP contribution in [0.5, 0.6) is 0 Å². The molecule has 1 amide bonds. The molecule has 0 radical (unpaired) electrons. The minimum absolute atomic E-state index is 0.0907. The molecule has 0 bridgehead atoms. The lowest BCUT2D eigenvalue weighted by Gasteiger charge is -2.31. The normalized spacial score (nSPS) is 15.9. The number of nitrogens with one attached hydrogen (secondary N) is 1. The molecule has 0 aliphatic heterocycles. The Morgan fingerprint density at radius 3 is 2.70 bits per heavy atom. The summed E-state index contributed by atoms with van der Waals surface area (Å²) in [4.78, 5) is 14.1. The Morgan fingerprint density at radius 1 is 1.30 bits per heavy atom. The summed E-state index contributed by atoms with van der Waals surface area (Å²) in [5, 5.41) is 4.24. The van der Waals surface area contributed by atoms with E-state index in [4.69, 9.17) is 23.2 Å². The summed E-state index contributed by atoms with van der Waals surface area (Å²) >= 11 is 12.0. The molecule has 1 aliphatic carbocycles. The first-order chi connectivity index (χ1) is 9.58. The third-order valence-corrected chi connectivity index (χ3v) is 4.44.